The third kappa shape index (κ3) is 2.23. The van der Waals surface area contributed by atoms with Gasteiger partial charge in [0.1, 0.15) is 15.9 Å². The Hall–Kier alpha value is -0.660. The lowest BCUT2D eigenvalue weighted by molar-refractivity contribution is 0.966. The van der Waals surface area contributed by atoms with Crippen molar-refractivity contribution >= 4 is 34.9 Å². The van der Waals surface area contributed by atoms with E-state index in [-0.39, 0.29) is 0 Å². The summed E-state index contributed by atoms with van der Waals surface area (Å²) in [6.07, 6.45) is 0. The predicted octanol–water partition coefficient (Wildman–Crippen LogP) is 1.91. The maximum absolute atomic E-state index is 5.84. The first-order valence-electron chi connectivity index (χ1n) is 3.74. The largest absolute Gasteiger partial charge is 0.262 e. The lowest BCUT2D eigenvalue weighted by Gasteiger charge is -1.91. The Bertz CT molecular complexity index is 425. The van der Waals surface area contributed by atoms with Crippen LogP contribution < -0.4 is 0 Å². The molecule has 0 unspecified atom stereocenters. The third-order valence-corrected chi connectivity index (χ3v) is 3.27. The molecule has 74 valence electrons. The fraction of sp³-hybridized carbons (Fsp3) is 0.333. The molecule has 8 heteroatoms. The number of rotatable bonds is 3. The summed E-state index contributed by atoms with van der Waals surface area (Å²) in [5.41, 5.74) is 0.782. The lowest BCUT2D eigenvalue weighted by Crippen LogP contribution is -1.83. The second-order valence-electron chi connectivity index (χ2n) is 2.49. The highest BCUT2D eigenvalue weighted by molar-refractivity contribution is 7.98. The zero-order valence-electron chi connectivity index (χ0n) is 7.19. The van der Waals surface area contributed by atoms with E-state index in [2.05, 4.69) is 24.8 Å². The van der Waals surface area contributed by atoms with Gasteiger partial charge in [0.05, 0.1) is 0 Å². The molecular formula is C6H6ClN5S2. The number of nitrogens with zero attached hydrogens (tertiary/aromatic N) is 4. The predicted molar refractivity (Wildman–Crippen MR) is 55.6 cm³/mol. The molecule has 0 aliphatic rings. The molecule has 0 aliphatic carbocycles. The van der Waals surface area contributed by atoms with Gasteiger partial charge in [0.2, 0.25) is 5.16 Å². The quantitative estimate of drug-likeness (QED) is 0.840. The van der Waals surface area contributed by atoms with E-state index in [0.29, 0.717) is 15.2 Å². The molecule has 14 heavy (non-hydrogen) atoms. The van der Waals surface area contributed by atoms with E-state index in [0.717, 1.165) is 11.5 Å². The maximum atomic E-state index is 5.84. The van der Waals surface area contributed by atoms with Gasteiger partial charge in [-0.2, -0.15) is 0 Å². The highest BCUT2D eigenvalue weighted by atomic mass is 35.5. The molecule has 0 spiro atoms. The number of hydrogen-bond donors (Lipinski definition) is 1. The average molecular weight is 248 g/mol. The van der Waals surface area contributed by atoms with Crippen LogP contribution in [0.4, 0.5) is 0 Å². The van der Waals surface area contributed by atoms with Crippen LogP contribution in [0, 0.1) is 6.92 Å². The van der Waals surface area contributed by atoms with Gasteiger partial charge in [-0.1, -0.05) is 27.9 Å². The molecule has 2 aromatic rings. The Morgan fingerprint density at radius 2 is 2.43 bits per heavy atom. The zero-order chi connectivity index (χ0) is 9.97. The first-order chi connectivity index (χ1) is 6.75. The summed E-state index contributed by atoms with van der Waals surface area (Å²) >= 11 is 8.51. The summed E-state index contributed by atoms with van der Waals surface area (Å²) < 4.78 is 4.37. The van der Waals surface area contributed by atoms with E-state index >= 15 is 0 Å². The molecule has 5 nitrogen and oxygen atoms in total. The Labute approximate surface area is 93.5 Å². The normalized spacial score (nSPS) is 10.7. The van der Waals surface area contributed by atoms with Gasteiger partial charge in [-0.3, -0.25) is 5.10 Å². The van der Waals surface area contributed by atoms with Crippen molar-refractivity contribution in [3.05, 3.63) is 15.9 Å². The number of aromatic amines is 1. The van der Waals surface area contributed by atoms with Crippen molar-refractivity contribution in [2.24, 2.45) is 0 Å². The van der Waals surface area contributed by atoms with Crippen LogP contribution in [-0.4, -0.2) is 24.8 Å². The van der Waals surface area contributed by atoms with Crippen molar-refractivity contribution in [1.29, 1.82) is 0 Å². The minimum absolute atomic E-state index is 0.629. The SMILES string of the molecule is Cc1nc(SCc2nnsc2Cl)n[nH]1. The summed E-state index contributed by atoms with van der Waals surface area (Å²) in [7, 11) is 0. The van der Waals surface area contributed by atoms with Crippen molar-refractivity contribution in [3.8, 4) is 0 Å². The van der Waals surface area contributed by atoms with Crippen molar-refractivity contribution in [2.45, 2.75) is 17.8 Å². The summed E-state index contributed by atoms with van der Waals surface area (Å²) in [6.45, 7) is 1.86. The first kappa shape index (κ1) is 9.88. The van der Waals surface area contributed by atoms with Gasteiger partial charge in [0, 0.05) is 17.3 Å². The molecule has 0 radical (unpaired) electrons. The molecule has 0 aromatic carbocycles. The number of thioether (sulfide) groups is 1. The highest BCUT2D eigenvalue weighted by Crippen LogP contribution is 2.24. The Morgan fingerprint density at radius 1 is 1.57 bits per heavy atom. The van der Waals surface area contributed by atoms with Gasteiger partial charge in [0.15, 0.2) is 0 Å². The standard InChI is InChI=1S/C6H6ClN5S2/c1-3-8-6(11-9-3)13-2-4-5(7)14-12-10-4/h2H2,1H3,(H,8,9,11). The molecule has 2 heterocycles. The van der Waals surface area contributed by atoms with Crippen molar-refractivity contribution < 1.29 is 0 Å². The summed E-state index contributed by atoms with van der Waals surface area (Å²) in [5, 5.41) is 11.3. The molecule has 0 aliphatic heterocycles. The molecule has 0 bridgehead atoms. The average Bonchev–Trinajstić information content (AvgIpc) is 2.72. The van der Waals surface area contributed by atoms with Gasteiger partial charge in [0.25, 0.3) is 0 Å². The minimum atomic E-state index is 0.629. The van der Waals surface area contributed by atoms with Gasteiger partial charge >= 0.3 is 0 Å². The minimum Gasteiger partial charge on any atom is -0.262 e. The monoisotopic (exact) mass is 247 g/mol. The molecule has 0 saturated carbocycles. The van der Waals surface area contributed by atoms with E-state index in [1.54, 1.807) is 0 Å². The van der Waals surface area contributed by atoms with E-state index in [9.17, 15) is 0 Å². The third-order valence-electron chi connectivity index (χ3n) is 1.42. The van der Waals surface area contributed by atoms with Crippen LogP contribution in [0.15, 0.2) is 5.16 Å². The van der Waals surface area contributed by atoms with Crippen LogP contribution in [0.5, 0.6) is 0 Å². The van der Waals surface area contributed by atoms with Crippen LogP contribution in [0.3, 0.4) is 0 Å². The zero-order valence-corrected chi connectivity index (χ0v) is 9.58. The molecule has 0 atom stereocenters. The Morgan fingerprint density at radius 3 is 3.00 bits per heavy atom. The first-order valence-corrected chi connectivity index (χ1v) is 5.88. The second kappa shape index (κ2) is 4.24. The molecule has 0 amide bonds. The molecular weight excluding hydrogens is 242 g/mol. The topological polar surface area (TPSA) is 67.3 Å². The maximum Gasteiger partial charge on any atom is 0.208 e. The molecule has 2 aromatic heterocycles. The fourth-order valence-corrected chi connectivity index (χ4v) is 2.38. The highest BCUT2D eigenvalue weighted by Gasteiger charge is 2.07. The smallest absolute Gasteiger partial charge is 0.208 e. The van der Waals surface area contributed by atoms with E-state index in [1.165, 1.54) is 23.3 Å². The Kier molecular flexibility index (Phi) is 2.99. The molecule has 1 N–H and O–H groups in total. The van der Waals surface area contributed by atoms with Crippen LogP contribution in [0.2, 0.25) is 4.34 Å². The summed E-state index contributed by atoms with van der Waals surface area (Å²) in [4.78, 5) is 4.15. The van der Waals surface area contributed by atoms with Gasteiger partial charge < -0.3 is 0 Å². The summed E-state index contributed by atoms with van der Waals surface area (Å²) in [6, 6.07) is 0. The number of hydrogen-bond acceptors (Lipinski definition) is 6. The van der Waals surface area contributed by atoms with E-state index in [1.807, 2.05) is 6.92 Å². The van der Waals surface area contributed by atoms with Gasteiger partial charge in [-0.15, -0.1) is 10.2 Å². The number of nitrogens with one attached hydrogen (secondary N) is 1. The second-order valence-corrected chi connectivity index (χ2v) is 4.78. The van der Waals surface area contributed by atoms with E-state index < -0.39 is 0 Å². The molecule has 2 rings (SSSR count). The van der Waals surface area contributed by atoms with E-state index in [4.69, 9.17) is 11.6 Å². The van der Waals surface area contributed by atoms with Gasteiger partial charge in [-0.25, -0.2) is 4.98 Å². The number of aryl methyl sites for hydroxylation is 1. The van der Waals surface area contributed by atoms with Gasteiger partial charge in [-0.05, 0) is 6.92 Å². The number of H-pyrrole nitrogens is 1. The van der Waals surface area contributed by atoms with Crippen LogP contribution in [-0.2, 0) is 5.75 Å². The summed E-state index contributed by atoms with van der Waals surface area (Å²) in [5.74, 6) is 1.45. The number of aromatic nitrogens is 5. The van der Waals surface area contributed by atoms with Crippen LogP contribution >= 0.6 is 34.9 Å². The Balaban J connectivity index is 1.98. The van der Waals surface area contributed by atoms with Crippen LogP contribution in [0.25, 0.3) is 0 Å². The number of halogens is 1. The van der Waals surface area contributed by atoms with Crippen molar-refractivity contribution in [2.75, 3.05) is 0 Å². The lowest BCUT2D eigenvalue weighted by atomic mass is 10.6. The van der Waals surface area contributed by atoms with Crippen LogP contribution in [0.1, 0.15) is 11.5 Å². The molecule has 0 saturated heterocycles. The van der Waals surface area contributed by atoms with Crippen molar-refractivity contribution in [1.82, 2.24) is 24.8 Å². The fourth-order valence-electron chi connectivity index (χ4n) is 0.803. The van der Waals surface area contributed by atoms with Crippen molar-refractivity contribution in [3.63, 3.8) is 0 Å². The molecule has 0 fully saturated rings.